The van der Waals surface area contributed by atoms with E-state index in [1.54, 1.807) is 13.8 Å². The molecular weight excluding hydrogens is 395 g/mol. The summed E-state index contributed by atoms with van der Waals surface area (Å²) in [7, 11) is 1.44. The minimum Gasteiger partial charge on any atom is -0.490 e. The summed E-state index contributed by atoms with van der Waals surface area (Å²) in [5, 5.41) is 1.09. The van der Waals surface area contributed by atoms with Gasteiger partial charge in [-0.3, -0.25) is 14.7 Å². The summed E-state index contributed by atoms with van der Waals surface area (Å²) >= 11 is 0. The Labute approximate surface area is 183 Å². The molecule has 1 saturated heterocycles. The van der Waals surface area contributed by atoms with Gasteiger partial charge in [0.2, 0.25) is 0 Å². The number of benzene rings is 1. The van der Waals surface area contributed by atoms with E-state index in [2.05, 4.69) is 24.0 Å². The molecular formula is C25H33FN2O3. The standard InChI is InChI=1S/C25H33FN2O3/c1-16-11-19(15-28-13-17(14-28)24(29)30-4)27-23-10-9-21(12-22(16)23)31-20-7-5-18(6-8-20)25(2,3)26/h9-12,17-18,20H,5-8,13-15H2,1-4H3/t18-,20-. The lowest BCUT2D eigenvalue weighted by atomic mass is 9.79. The molecule has 5 nitrogen and oxygen atoms in total. The Morgan fingerprint density at radius 2 is 1.90 bits per heavy atom. The maximum Gasteiger partial charge on any atom is 0.311 e. The highest BCUT2D eigenvalue weighted by Gasteiger charge is 2.34. The SMILES string of the molecule is COC(=O)C1CN(Cc2cc(C)c3cc(O[C@H]4CC[C@H](C(C)(C)F)CC4)ccc3n2)C1. The van der Waals surface area contributed by atoms with Gasteiger partial charge in [0.05, 0.1) is 30.3 Å². The van der Waals surface area contributed by atoms with E-state index in [0.717, 1.165) is 67.7 Å². The highest BCUT2D eigenvalue weighted by atomic mass is 19.1. The van der Waals surface area contributed by atoms with Crippen molar-refractivity contribution in [2.75, 3.05) is 20.2 Å². The van der Waals surface area contributed by atoms with E-state index in [9.17, 15) is 9.18 Å². The molecule has 2 aromatic rings. The number of rotatable bonds is 6. The number of methoxy groups -OCH3 is 1. The van der Waals surface area contributed by atoms with Gasteiger partial charge in [0.1, 0.15) is 11.4 Å². The summed E-state index contributed by atoms with van der Waals surface area (Å²) in [6.45, 7) is 7.65. The fourth-order valence-electron chi connectivity index (χ4n) is 4.90. The van der Waals surface area contributed by atoms with Gasteiger partial charge in [-0.2, -0.15) is 0 Å². The molecule has 31 heavy (non-hydrogen) atoms. The maximum absolute atomic E-state index is 14.2. The maximum atomic E-state index is 14.2. The van der Waals surface area contributed by atoms with Gasteiger partial charge in [-0.05, 0) is 82.2 Å². The number of fused-ring (bicyclic) bond motifs is 1. The zero-order valence-electron chi connectivity index (χ0n) is 19.0. The molecule has 0 N–H and O–H groups in total. The fraction of sp³-hybridized carbons (Fsp3) is 0.600. The summed E-state index contributed by atoms with van der Waals surface area (Å²) in [6.07, 6.45) is 3.69. The van der Waals surface area contributed by atoms with Crippen LogP contribution in [0.3, 0.4) is 0 Å². The van der Waals surface area contributed by atoms with E-state index in [0.29, 0.717) is 0 Å². The number of likely N-dealkylation sites (tertiary alicyclic amines) is 1. The number of aromatic nitrogens is 1. The predicted octanol–water partition coefficient (Wildman–Crippen LogP) is 4.83. The Morgan fingerprint density at radius 1 is 1.19 bits per heavy atom. The Kier molecular flexibility index (Phi) is 6.20. The Balaban J connectivity index is 1.38. The minimum absolute atomic E-state index is 0.0164. The number of hydrogen-bond acceptors (Lipinski definition) is 5. The molecule has 2 aliphatic rings. The quantitative estimate of drug-likeness (QED) is 0.617. The molecule has 0 atom stereocenters. The highest BCUT2D eigenvalue weighted by Crippen LogP contribution is 2.36. The second kappa shape index (κ2) is 8.73. The fourth-order valence-corrected chi connectivity index (χ4v) is 4.90. The van der Waals surface area contributed by atoms with E-state index in [4.69, 9.17) is 14.5 Å². The van der Waals surface area contributed by atoms with Gasteiger partial charge in [-0.25, -0.2) is 4.39 Å². The number of alkyl halides is 1. The second-order valence-electron chi connectivity index (χ2n) is 9.68. The lowest BCUT2D eigenvalue weighted by molar-refractivity contribution is -0.151. The average molecular weight is 429 g/mol. The monoisotopic (exact) mass is 428 g/mol. The van der Waals surface area contributed by atoms with E-state index < -0.39 is 5.67 Å². The molecule has 2 heterocycles. The van der Waals surface area contributed by atoms with Crippen molar-refractivity contribution in [3.8, 4) is 5.75 Å². The molecule has 0 spiro atoms. The third kappa shape index (κ3) is 5.00. The molecule has 1 aliphatic heterocycles. The lowest BCUT2D eigenvalue weighted by Gasteiger charge is -2.37. The number of ether oxygens (including phenoxy) is 2. The van der Waals surface area contributed by atoms with Gasteiger partial charge in [-0.15, -0.1) is 0 Å². The van der Waals surface area contributed by atoms with Crippen LogP contribution in [0.25, 0.3) is 10.9 Å². The van der Waals surface area contributed by atoms with Gasteiger partial charge >= 0.3 is 5.97 Å². The van der Waals surface area contributed by atoms with E-state index >= 15 is 0 Å². The number of nitrogens with zero attached hydrogens (tertiary/aromatic N) is 2. The molecule has 0 bridgehead atoms. The van der Waals surface area contributed by atoms with Crippen molar-refractivity contribution in [1.82, 2.24) is 9.88 Å². The zero-order chi connectivity index (χ0) is 22.2. The van der Waals surface area contributed by atoms with Crippen LogP contribution < -0.4 is 4.74 Å². The van der Waals surface area contributed by atoms with Crippen LogP contribution in [0.5, 0.6) is 5.75 Å². The Morgan fingerprint density at radius 3 is 2.55 bits per heavy atom. The van der Waals surface area contributed by atoms with Gasteiger partial charge in [0.15, 0.2) is 0 Å². The Bertz CT molecular complexity index is 942. The van der Waals surface area contributed by atoms with Crippen molar-refractivity contribution >= 4 is 16.9 Å². The van der Waals surface area contributed by atoms with Crippen LogP contribution in [0.15, 0.2) is 24.3 Å². The van der Waals surface area contributed by atoms with Crippen molar-refractivity contribution in [2.45, 2.75) is 64.8 Å². The summed E-state index contributed by atoms with van der Waals surface area (Å²) < 4.78 is 25.2. The van der Waals surface area contributed by atoms with Crippen molar-refractivity contribution in [3.05, 3.63) is 35.5 Å². The van der Waals surface area contributed by atoms with Crippen LogP contribution in [0.1, 0.15) is 50.8 Å². The van der Waals surface area contributed by atoms with E-state index in [1.165, 1.54) is 12.7 Å². The normalized spacial score (nSPS) is 22.9. The lowest BCUT2D eigenvalue weighted by Crippen LogP contribution is -2.50. The first-order chi connectivity index (χ1) is 14.7. The average Bonchev–Trinajstić information content (AvgIpc) is 2.70. The number of halogens is 1. The van der Waals surface area contributed by atoms with Crippen LogP contribution >= 0.6 is 0 Å². The van der Waals surface area contributed by atoms with Gasteiger partial charge in [0, 0.05) is 25.0 Å². The van der Waals surface area contributed by atoms with Crippen LogP contribution in [-0.4, -0.2) is 47.8 Å². The highest BCUT2D eigenvalue weighted by molar-refractivity contribution is 5.83. The molecule has 0 amide bonds. The molecule has 6 heteroatoms. The number of carbonyl (C=O) groups is 1. The van der Waals surface area contributed by atoms with Gasteiger partial charge < -0.3 is 9.47 Å². The summed E-state index contributed by atoms with van der Waals surface area (Å²) in [4.78, 5) is 18.6. The molecule has 168 valence electrons. The van der Waals surface area contributed by atoms with Gasteiger partial charge in [-0.1, -0.05) is 0 Å². The molecule has 1 aromatic heterocycles. The van der Waals surface area contributed by atoms with Crippen molar-refractivity contribution in [2.24, 2.45) is 11.8 Å². The predicted molar refractivity (Wildman–Crippen MR) is 119 cm³/mol. The molecule has 0 radical (unpaired) electrons. The molecule has 4 rings (SSSR count). The smallest absolute Gasteiger partial charge is 0.311 e. The summed E-state index contributed by atoms with van der Waals surface area (Å²) in [5.74, 6) is 0.838. The number of aryl methyl sites for hydroxylation is 1. The van der Waals surface area contributed by atoms with Crippen molar-refractivity contribution < 1.29 is 18.7 Å². The summed E-state index contributed by atoms with van der Waals surface area (Å²) in [5.41, 5.74) is 2.02. The zero-order valence-corrected chi connectivity index (χ0v) is 19.0. The Hall–Kier alpha value is -2.21. The number of pyridine rings is 1. The van der Waals surface area contributed by atoms with Gasteiger partial charge in [0.25, 0.3) is 0 Å². The second-order valence-corrected chi connectivity index (χ2v) is 9.68. The first-order valence-corrected chi connectivity index (χ1v) is 11.3. The van der Waals surface area contributed by atoms with E-state index in [-0.39, 0.29) is 23.9 Å². The number of hydrogen-bond donors (Lipinski definition) is 0. The van der Waals surface area contributed by atoms with Crippen molar-refractivity contribution in [3.63, 3.8) is 0 Å². The third-order valence-electron chi connectivity index (χ3n) is 6.87. The number of esters is 1. The van der Waals surface area contributed by atoms with Crippen LogP contribution in [0.4, 0.5) is 4.39 Å². The summed E-state index contributed by atoms with van der Waals surface area (Å²) in [6, 6.07) is 8.20. The van der Waals surface area contributed by atoms with E-state index in [1.807, 2.05) is 12.1 Å². The topological polar surface area (TPSA) is 51.7 Å². The molecule has 2 fully saturated rings. The minimum atomic E-state index is -1.11. The first-order valence-electron chi connectivity index (χ1n) is 11.3. The van der Waals surface area contributed by atoms with Crippen molar-refractivity contribution in [1.29, 1.82) is 0 Å². The van der Waals surface area contributed by atoms with Crippen LogP contribution in [0.2, 0.25) is 0 Å². The molecule has 1 aliphatic carbocycles. The van der Waals surface area contributed by atoms with Crippen LogP contribution in [-0.2, 0) is 16.1 Å². The number of carbonyl (C=O) groups excluding carboxylic acids is 1. The largest absolute Gasteiger partial charge is 0.490 e. The molecule has 1 saturated carbocycles. The van der Waals surface area contributed by atoms with Crippen LogP contribution in [0, 0.1) is 18.8 Å². The first kappa shape index (κ1) is 22.0. The molecule has 0 unspecified atom stereocenters. The third-order valence-corrected chi connectivity index (χ3v) is 6.87. The molecule has 1 aromatic carbocycles.